The lowest BCUT2D eigenvalue weighted by molar-refractivity contribution is 0.337. The number of ether oxygens (including phenoxy) is 1. The lowest BCUT2D eigenvalue weighted by atomic mass is 9.77. The van der Waals surface area contributed by atoms with Crippen molar-refractivity contribution in [1.82, 2.24) is 0 Å². The fraction of sp³-hybridized carbons (Fsp3) is 0.300. The Morgan fingerprint density at radius 1 is 1.22 bits per heavy atom. The third-order valence-electron chi connectivity index (χ3n) is 4.87. The van der Waals surface area contributed by atoms with Crippen molar-refractivity contribution >= 4 is 17.3 Å². The van der Waals surface area contributed by atoms with Gasteiger partial charge in [-0.1, -0.05) is 48.0 Å². The predicted octanol–water partition coefficient (Wildman–Crippen LogP) is 5.57. The lowest BCUT2D eigenvalue weighted by Crippen LogP contribution is -2.29. The molecule has 0 amide bonds. The van der Waals surface area contributed by atoms with Crippen molar-refractivity contribution in [1.29, 1.82) is 0 Å². The number of nitrogens with one attached hydrogen (secondary N) is 1. The van der Waals surface area contributed by atoms with Crippen LogP contribution in [0.1, 0.15) is 36.4 Å². The standard InChI is InChI=1S/C20H20ClNO/c1-2-23-18-11-5-10-17-15-8-4-9-16(15)19(22-20(17)18)13-6-3-7-14(21)12-13/h3-8,10-12,15-16,19,22H,2,9H2,1H3/t15-,16+,19+/m0/s1. The number of fused-ring (bicyclic) bond motifs is 3. The van der Waals surface area contributed by atoms with Crippen molar-refractivity contribution < 1.29 is 4.74 Å². The second kappa shape index (κ2) is 5.93. The first-order valence-electron chi connectivity index (χ1n) is 8.22. The molecule has 2 aromatic rings. The Hall–Kier alpha value is -1.93. The average molecular weight is 326 g/mol. The molecule has 23 heavy (non-hydrogen) atoms. The molecule has 2 aromatic carbocycles. The molecule has 0 aromatic heterocycles. The van der Waals surface area contributed by atoms with Crippen LogP contribution >= 0.6 is 11.6 Å². The normalized spacial score (nSPS) is 24.7. The van der Waals surface area contributed by atoms with Crippen LogP contribution in [-0.4, -0.2) is 6.61 Å². The first-order valence-corrected chi connectivity index (χ1v) is 8.60. The third-order valence-corrected chi connectivity index (χ3v) is 5.10. The zero-order valence-electron chi connectivity index (χ0n) is 13.1. The van der Waals surface area contributed by atoms with Crippen molar-refractivity contribution in [2.24, 2.45) is 5.92 Å². The highest BCUT2D eigenvalue weighted by Crippen LogP contribution is 2.52. The first kappa shape index (κ1) is 14.6. The largest absolute Gasteiger partial charge is 0.492 e. The summed E-state index contributed by atoms with van der Waals surface area (Å²) < 4.78 is 5.85. The average Bonchev–Trinajstić information content (AvgIpc) is 3.04. The second-order valence-corrected chi connectivity index (χ2v) is 6.62. The summed E-state index contributed by atoms with van der Waals surface area (Å²) in [7, 11) is 0. The fourth-order valence-electron chi connectivity index (χ4n) is 3.90. The first-order chi connectivity index (χ1) is 11.3. The van der Waals surface area contributed by atoms with Crippen molar-refractivity contribution in [3.63, 3.8) is 0 Å². The van der Waals surface area contributed by atoms with Crippen LogP contribution in [0.4, 0.5) is 5.69 Å². The smallest absolute Gasteiger partial charge is 0.142 e. The Kier molecular flexibility index (Phi) is 3.78. The Morgan fingerprint density at radius 3 is 2.91 bits per heavy atom. The molecule has 2 nitrogen and oxygen atoms in total. The summed E-state index contributed by atoms with van der Waals surface area (Å²) in [4.78, 5) is 0. The molecule has 0 fully saturated rings. The summed E-state index contributed by atoms with van der Waals surface area (Å²) in [6, 6.07) is 14.8. The van der Waals surface area contributed by atoms with Crippen molar-refractivity contribution in [3.05, 3.63) is 70.8 Å². The van der Waals surface area contributed by atoms with Gasteiger partial charge in [0.1, 0.15) is 5.75 Å². The van der Waals surface area contributed by atoms with E-state index in [1.807, 2.05) is 25.1 Å². The van der Waals surface area contributed by atoms with Gasteiger partial charge < -0.3 is 10.1 Å². The maximum absolute atomic E-state index is 6.22. The van der Waals surface area contributed by atoms with Gasteiger partial charge in [0.2, 0.25) is 0 Å². The van der Waals surface area contributed by atoms with Gasteiger partial charge in [-0.2, -0.15) is 0 Å². The van der Waals surface area contributed by atoms with Gasteiger partial charge in [-0.15, -0.1) is 0 Å². The molecule has 1 aliphatic heterocycles. The molecule has 0 saturated carbocycles. The molecular formula is C20H20ClNO. The number of hydrogen-bond acceptors (Lipinski definition) is 2. The summed E-state index contributed by atoms with van der Waals surface area (Å²) in [5, 5.41) is 4.53. The van der Waals surface area contributed by atoms with Crippen molar-refractivity contribution in [2.75, 3.05) is 11.9 Å². The summed E-state index contributed by atoms with van der Waals surface area (Å²) in [6.07, 6.45) is 5.74. The highest BCUT2D eigenvalue weighted by Gasteiger charge is 2.38. The van der Waals surface area contributed by atoms with E-state index in [0.29, 0.717) is 18.4 Å². The fourth-order valence-corrected chi connectivity index (χ4v) is 4.10. The molecule has 0 bridgehead atoms. The van der Waals surface area contributed by atoms with Crippen LogP contribution in [0.15, 0.2) is 54.6 Å². The van der Waals surface area contributed by atoms with Crippen LogP contribution in [0.3, 0.4) is 0 Å². The van der Waals surface area contributed by atoms with E-state index in [0.717, 1.165) is 22.9 Å². The van der Waals surface area contributed by atoms with Crippen LogP contribution in [0.5, 0.6) is 5.75 Å². The highest BCUT2D eigenvalue weighted by atomic mass is 35.5. The number of para-hydroxylation sites is 1. The van der Waals surface area contributed by atoms with Crippen LogP contribution in [0, 0.1) is 5.92 Å². The van der Waals surface area contributed by atoms with Crippen molar-refractivity contribution in [2.45, 2.75) is 25.3 Å². The zero-order valence-corrected chi connectivity index (χ0v) is 13.9. The zero-order chi connectivity index (χ0) is 15.8. The Labute approximate surface area is 142 Å². The lowest BCUT2D eigenvalue weighted by Gasteiger charge is -2.38. The van der Waals surface area contributed by atoms with E-state index in [4.69, 9.17) is 16.3 Å². The molecule has 118 valence electrons. The van der Waals surface area contributed by atoms with Gasteiger partial charge in [0.15, 0.2) is 0 Å². The third kappa shape index (κ3) is 2.51. The number of benzene rings is 2. The molecule has 0 saturated heterocycles. The van der Waals surface area contributed by atoms with Gasteiger partial charge in [-0.25, -0.2) is 0 Å². The van der Waals surface area contributed by atoms with E-state index >= 15 is 0 Å². The molecule has 0 unspecified atom stereocenters. The van der Waals surface area contributed by atoms with Crippen LogP contribution in [0.2, 0.25) is 5.02 Å². The van der Waals surface area contributed by atoms with Gasteiger partial charge in [0.05, 0.1) is 18.3 Å². The maximum atomic E-state index is 6.22. The van der Waals surface area contributed by atoms with E-state index in [1.165, 1.54) is 11.1 Å². The van der Waals surface area contributed by atoms with Gasteiger partial charge >= 0.3 is 0 Å². The van der Waals surface area contributed by atoms with E-state index in [9.17, 15) is 0 Å². The van der Waals surface area contributed by atoms with Gasteiger partial charge in [-0.05, 0) is 48.6 Å². The van der Waals surface area contributed by atoms with Gasteiger partial charge in [-0.3, -0.25) is 0 Å². The minimum Gasteiger partial charge on any atom is -0.492 e. The SMILES string of the molecule is CCOc1cccc2c1N[C@H](c1cccc(Cl)c1)[C@@H]1CC=C[C@H]21. The van der Waals surface area contributed by atoms with Gasteiger partial charge in [0.25, 0.3) is 0 Å². The van der Waals surface area contributed by atoms with E-state index in [1.54, 1.807) is 0 Å². The van der Waals surface area contributed by atoms with Gasteiger partial charge in [0, 0.05) is 10.9 Å². The summed E-state index contributed by atoms with van der Waals surface area (Å²) >= 11 is 6.22. The Bertz CT molecular complexity index is 755. The summed E-state index contributed by atoms with van der Waals surface area (Å²) in [5.41, 5.74) is 3.72. The molecular weight excluding hydrogens is 306 g/mol. The second-order valence-electron chi connectivity index (χ2n) is 6.18. The topological polar surface area (TPSA) is 21.3 Å². The van der Waals surface area contributed by atoms with E-state index in [-0.39, 0.29) is 6.04 Å². The monoisotopic (exact) mass is 325 g/mol. The number of allylic oxidation sites excluding steroid dienone is 2. The maximum Gasteiger partial charge on any atom is 0.142 e. The molecule has 0 spiro atoms. The minimum atomic E-state index is 0.253. The molecule has 1 aliphatic carbocycles. The van der Waals surface area contributed by atoms with E-state index in [2.05, 4.69) is 41.7 Å². The number of anilines is 1. The van der Waals surface area contributed by atoms with Crippen LogP contribution < -0.4 is 10.1 Å². The highest BCUT2D eigenvalue weighted by molar-refractivity contribution is 6.30. The molecule has 1 heterocycles. The Balaban J connectivity index is 1.80. The molecule has 4 rings (SSSR count). The van der Waals surface area contributed by atoms with Crippen LogP contribution in [-0.2, 0) is 0 Å². The molecule has 2 aliphatic rings. The van der Waals surface area contributed by atoms with Crippen LogP contribution in [0.25, 0.3) is 0 Å². The number of halogens is 1. The summed E-state index contributed by atoms with van der Waals surface area (Å²) in [5.74, 6) is 1.91. The molecule has 0 radical (unpaired) electrons. The molecule has 3 atom stereocenters. The van der Waals surface area contributed by atoms with Crippen molar-refractivity contribution in [3.8, 4) is 5.75 Å². The summed E-state index contributed by atoms with van der Waals surface area (Å²) in [6.45, 7) is 2.69. The minimum absolute atomic E-state index is 0.253. The predicted molar refractivity (Wildman–Crippen MR) is 95.4 cm³/mol. The Morgan fingerprint density at radius 2 is 2.09 bits per heavy atom. The quantitative estimate of drug-likeness (QED) is 0.745. The molecule has 1 N–H and O–H groups in total. The van der Waals surface area contributed by atoms with E-state index < -0.39 is 0 Å². The number of rotatable bonds is 3. The number of hydrogen-bond donors (Lipinski definition) is 1. The molecule has 3 heteroatoms.